The molecule has 208 valence electrons. The smallest absolute Gasteiger partial charge is 0.258 e. The molecule has 0 radical (unpaired) electrons. The number of amides is 1. The number of nitrogens with one attached hydrogen (secondary N) is 1. The first-order chi connectivity index (χ1) is 19.0. The summed E-state index contributed by atoms with van der Waals surface area (Å²) in [4.78, 5) is 33.6. The summed E-state index contributed by atoms with van der Waals surface area (Å²) in [5.41, 5.74) is -0.852. The van der Waals surface area contributed by atoms with E-state index in [0.29, 0.717) is 17.2 Å². The van der Waals surface area contributed by atoms with Crippen LogP contribution in [-0.2, 0) is 0 Å². The summed E-state index contributed by atoms with van der Waals surface area (Å²) >= 11 is 0. The van der Waals surface area contributed by atoms with Crippen molar-refractivity contribution >= 4 is 22.8 Å². The second-order valence-electron chi connectivity index (χ2n) is 13.1. The number of pyridine rings is 2. The maximum atomic E-state index is 15.1. The van der Waals surface area contributed by atoms with E-state index in [9.17, 15) is 22.8 Å². The van der Waals surface area contributed by atoms with Gasteiger partial charge in [0.1, 0.15) is 23.0 Å². The molecule has 5 aliphatic rings. The number of aromatic nitrogens is 2. The number of rotatable bonds is 4. The molecule has 10 heteroatoms. The van der Waals surface area contributed by atoms with E-state index in [-0.39, 0.29) is 35.4 Å². The van der Waals surface area contributed by atoms with Crippen molar-refractivity contribution in [2.24, 2.45) is 29.1 Å². The van der Waals surface area contributed by atoms with Crippen LogP contribution in [0.3, 0.4) is 0 Å². The summed E-state index contributed by atoms with van der Waals surface area (Å²) in [6.07, 6.45) is 6.60. The van der Waals surface area contributed by atoms with Crippen LogP contribution >= 0.6 is 0 Å². The molecule has 3 aromatic rings. The molecular formula is C30H28F4N4O2. The summed E-state index contributed by atoms with van der Waals surface area (Å²) in [5.74, 6) is -4.62. The van der Waals surface area contributed by atoms with Crippen molar-refractivity contribution in [1.29, 1.82) is 0 Å². The highest BCUT2D eigenvalue weighted by molar-refractivity contribution is 5.97. The third-order valence-corrected chi connectivity index (χ3v) is 10.3. The number of alkyl halides is 2. The number of piperidine rings is 1. The summed E-state index contributed by atoms with van der Waals surface area (Å²) in [6.45, 7) is 2.30. The molecule has 4 saturated carbocycles. The van der Waals surface area contributed by atoms with Crippen LogP contribution in [0.1, 0.15) is 49.4 Å². The monoisotopic (exact) mass is 552 g/mol. The average Bonchev–Trinajstić information content (AvgIpc) is 3.47. The van der Waals surface area contributed by atoms with Gasteiger partial charge < -0.3 is 10.2 Å². The zero-order valence-electron chi connectivity index (χ0n) is 21.9. The van der Waals surface area contributed by atoms with Gasteiger partial charge in [-0.15, -0.1) is 0 Å². The van der Waals surface area contributed by atoms with Crippen molar-refractivity contribution in [2.75, 3.05) is 18.0 Å². The predicted molar refractivity (Wildman–Crippen MR) is 140 cm³/mol. The summed E-state index contributed by atoms with van der Waals surface area (Å²) in [6, 6.07) is 6.12. The van der Waals surface area contributed by atoms with Gasteiger partial charge in [0.25, 0.3) is 11.8 Å². The van der Waals surface area contributed by atoms with E-state index in [0.717, 1.165) is 30.9 Å². The molecule has 6 atom stereocenters. The third-order valence-electron chi connectivity index (χ3n) is 10.3. The highest BCUT2D eigenvalue weighted by atomic mass is 19.3. The van der Waals surface area contributed by atoms with Crippen molar-refractivity contribution in [3.63, 3.8) is 0 Å². The van der Waals surface area contributed by atoms with E-state index < -0.39 is 46.3 Å². The Bertz CT molecular complexity index is 1680. The van der Waals surface area contributed by atoms with Crippen LogP contribution in [0.5, 0.6) is 0 Å². The molecule has 1 amide bonds. The lowest BCUT2D eigenvalue weighted by Crippen LogP contribution is -2.51. The fourth-order valence-corrected chi connectivity index (χ4v) is 8.53. The largest absolute Gasteiger partial charge is 0.356 e. The van der Waals surface area contributed by atoms with Gasteiger partial charge in [-0.2, -0.15) is 0 Å². The molecule has 2 aromatic heterocycles. The Labute approximate surface area is 227 Å². The van der Waals surface area contributed by atoms with E-state index in [4.69, 9.17) is 0 Å². The standard InChI is InChI=1S/C30H28F4N4O2/c1-28(8-15-6-16-10-29(16,9-15)14-28)36-27(40)19-11-38(23-4-2-17(31)7-22(23)32)26-18(25(19)39)3-5-24(35-26)37-12-20-21(13-37)30(20,33)34/h2-5,7,11,15-16,20-21H,6,8-10,12-14H2,1H3,(H,36,40). The second kappa shape index (κ2) is 7.64. The van der Waals surface area contributed by atoms with Gasteiger partial charge in [0, 0.05) is 30.9 Å². The Morgan fingerprint density at radius 1 is 1.07 bits per heavy atom. The lowest BCUT2D eigenvalue weighted by Gasteiger charge is -2.40. The van der Waals surface area contributed by atoms with Crippen molar-refractivity contribution in [3.8, 4) is 5.69 Å². The molecule has 1 aliphatic heterocycles. The van der Waals surface area contributed by atoms with Gasteiger partial charge in [0.15, 0.2) is 5.65 Å². The Morgan fingerprint density at radius 3 is 2.58 bits per heavy atom. The molecule has 5 fully saturated rings. The first-order valence-corrected chi connectivity index (χ1v) is 13.9. The summed E-state index contributed by atoms with van der Waals surface area (Å²) in [7, 11) is 0. The first-order valence-electron chi connectivity index (χ1n) is 13.9. The van der Waals surface area contributed by atoms with E-state index in [1.165, 1.54) is 42.2 Å². The van der Waals surface area contributed by atoms with Gasteiger partial charge in [-0.25, -0.2) is 22.5 Å². The topological polar surface area (TPSA) is 67.2 Å². The number of carbonyl (C=O) groups is 1. The molecular weight excluding hydrogens is 524 g/mol. The van der Waals surface area contributed by atoms with Crippen LogP contribution in [-0.4, -0.2) is 40.0 Å². The minimum atomic E-state index is -2.66. The Balaban J connectivity index is 1.20. The molecule has 1 N–H and O–H groups in total. The number of benzene rings is 1. The van der Waals surface area contributed by atoms with Crippen LogP contribution in [0, 0.1) is 40.7 Å². The molecule has 1 aromatic carbocycles. The summed E-state index contributed by atoms with van der Waals surface area (Å²) < 4.78 is 57.7. The van der Waals surface area contributed by atoms with Crippen LogP contribution in [0.15, 0.2) is 41.3 Å². The fraction of sp³-hybridized carbons (Fsp3) is 0.500. The molecule has 6 nitrogen and oxygen atoms in total. The van der Waals surface area contributed by atoms with Crippen molar-refractivity contribution in [1.82, 2.24) is 14.9 Å². The number of anilines is 1. The number of fused-ring (bicyclic) bond motifs is 3. The minimum Gasteiger partial charge on any atom is -0.356 e. The number of hydrogen-bond acceptors (Lipinski definition) is 4. The first kappa shape index (κ1) is 24.4. The Kier molecular flexibility index (Phi) is 4.66. The second-order valence-corrected chi connectivity index (χ2v) is 13.1. The van der Waals surface area contributed by atoms with Crippen LogP contribution in [0.25, 0.3) is 16.7 Å². The van der Waals surface area contributed by atoms with E-state index >= 15 is 4.39 Å². The van der Waals surface area contributed by atoms with Gasteiger partial charge in [-0.1, -0.05) is 0 Å². The lowest BCUT2D eigenvalue weighted by molar-refractivity contribution is 0.0795. The zero-order valence-corrected chi connectivity index (χ0v) is 21.9. The number of carbonyl (C=O) groups excluding carboxylic acids is 1. The van der Waals surface area contributed by atoms with Gasteiger partial charge in [0.2, 0.25) is 5.43 Å². The average molecular weight is 553 g/mol. The predicted octanol–water partition coefficient (Wildman–Crippen LogP) is 5.06. The SMILES string of the molecule is CC1(NC(=O)c2cn(-c3ccc(F)cc3F)c3nc(N4CC5C(C4)C5(F)F)ccc3c2=O)CC2CC3CC3(C2)C1. The van der Waals surface area contributed by atoms with Crippen molar-refractivity contribution in [2.45, 2.75) is 50.5 Å². The molecule has 1 spiro atoms. The lowest BCUT2D eigenvalue weighted by atomic mass is 9.72. The normalized spacial score (nSPS) is 34.5. The maximum absolute atomic E-state index is 15.1. The third kappa shape index (κ3) is 3.43. The molecule has 40 heavy (non-hydrogen) atoms. The molecule has 4 aliphatic carbocycles. The van der Waals surface area contributed by atoms with Crippen LogP contribution in [0.4, 0.5) is 23.4 Å². The van der Waals surface area contributed by atoms with E-state index in [1.54, 1.807) is 11.0 Å². The van der Waals surface area contributed by atoms with Gasteiger partial charge in [0.05, 0.1) is 22.9 Å². The van der Waals surface area contributed by atoms with Crippen LogP contribution < -0.4 is 15.6 Å². The van der Waals surface area contributed by atoms with Gasteiger partial charge in [-0.3, -0.25) is 14.2 Å². The molecule has 8 rings (SSSR count). The van der Waals surface area contributed by atoms with Gasteiger partial charge in [-0.05, 0) is 80.5 Å². The minimum absolute atomic E-state index is 0.0681. The Hall–Kier alpha value is -3.43. The van der Waals surface area contributed by atoms with Gasteiger partial charge >= 0.3 is 0 Å². The highest BCUT2D eigenvalue weighted by Gasteiger charge is 2.71. The molecule has 3 heterocycles. The summed E-state index contributed by atoms with van der Waals surface area (Å²) in [5, 5.41) is 3.23. The van der Waals surface area contributed by atoms with Crippen molar-refractivity contribution < 1.29 is 22.4 Å². The number of hydrogen-bond donors (Lipinski definition) is 1. The number of halogens is 4. The highest BCUT2D eigenvalue weighted by Crippen LogP contribution is 2.72. The quantitative estimate of drug-likeness (QED) is 0.460. The van der Waals surface area contributed by atoms with E-state index in [2.05, 4.69) is 10.3 Å². The maximum Gasteiger partial charge on any atom is 0.258 e. The Morgan fingerprint density at radius 2 is 1.85 bits per heavy atom. The van der Waals surface area contributed by atoms with E-state index in [1.807, 2.05) is 6.92 Å². The molecule has 1 saturated heterocycles. The van der Waals surface area contributed by atoms with Crippen molar-refractivity contribution in [3.05, 3.63) is 63.9 Å². The molecule has 6 unspecified atom stereocenters. The van der Waals surface area contributed by atoms with Crippen LogP contribution in [0.2, 0.25) is 0 Å². The zero-order chi connectivity index (χ0) is 27.8. The number of nitrogens with zero attached hydrogens (tertiary/aromatic N) is 3. The fourth-order valence-electron chi connectivity index (χ4n) is 8.53. The molecule has 2 bridgehead atoms.